The van der Waals surface area contributed by atoms with E-state index in [0.29, 0.717) is 17.9 Å². The lowest BCUT2D eigenvalue weighted by Gasteiger charge is -2.10. The molecule has 0 atom stereocenters. The van der Waals surface area contributed by atoms with Crippen LogP contribution in [0, 0.1) is 11.3 Å². The summed E-state index contributed by atoms with van der Waals surface area (Å²) in [6, 6.07) is 7.15. The standard InChI is InChI=1S/C12H17N3O/c1-15(2)6-3-7-16-11-5-4-10(9-13)12(14)8-11/h4-5,8H,3,6-7,14H2,1-2H3. The summed E-state index contributed by atoms with van der Waals surface area (Å²) in [7, 11) is 4.05. The van der Waals surface area contributed by atoms with Gasteiger partial charge in [-0.1, -0.05) is 0 Å². The quantitative estimate of drug-likeness (QED) is 0.601. The maximum atomic E-state index is 8.71. The van der Waals surface area contributed by atoms with Crippen LogP contribution in [0.5, 0.6) is 5.75 Å². The molecule has 4 heteroatoms. The second-order valence-corrected chi connectivity index (χ2v) is 3.87. The van der Waals surface area contributed by atoms with Crippen molar-refractivity contribution in [1.82, 2.24) is 4.90 Å². The molecule has 0 amide bonds. The maximum Gasteiger partial charge on any atom is 0.121 e. The fraction of sp³-hybridized carbons (Fsp3) is 0.417. The molecule has 1 rings (SSSR count). The lowest BCUT2D eigenvalue weighted by Crippen LogP contribution is -2.15. The zero-order valence-electron chi connectivity index (χ0n) is 9.73. The van der Waals surface area contributed by atoms with E-state index >= 15 is 0 Å². The lowest BCUT2D eigenvalue weighted by atomic mass is 10.2. The van der Waals surface area contributed by atoms with Gasteiger partial charge in [0.15, 0.2) is 0 Å². The van der Waals surface area contributed by atoms with E-state index in [-0.39, 0.29) is 0 Å². The van der Waals surface area contributed by atoms with E-state index in [9.17, 15) is 0 Å². The molecular formula is C12H17N3O. The Kier molecular flexibility index (Phi) is 4.62. The predicted molar refractivity (Wildman–Crippen MR) is 64.2 cm³/mol. The van der Waals surface area contributed by atoms with Gasteiger partial charge < -0.3 is 15.4 Å². The van der Waals surface area contributed by atoms with Crippen molar-refractivity contribution >= 4 is 5.69 Å². The van der Waals surface area contributed by atoms with Gasteiger partial charge in [0.2, 0.25) is 0 Å². The first-order chi connectivity index (χ1) is 7.63. The van der Waals surface area contributed by atoms with Crippen molar-refractivity contribution in [3.8, 4) is 11.8 Å². The van der Waals surface area contributed by atoms with E-state index in [2.05, 4.69) is 4.90 Å². The molecule has 1 aromatic rings. The molecule has 0 heterocycles. The first-order valence-corrected chi connectivity index (χ1v) is 5.20. The van der Waals surface area contributed by atoms with Gasteiger partial charge >= 0.3 is 0 Å². The van der Waals surface area contributed by atoms with Gasteiger partial charge in [-0.2, -0.15) is 5.26 Å². The van der Waals surface area contributed by atoms with Crippen LogP contribution in [0.1, 0.15) is 12.0 Å². The van der Waals surface area contributed by atoms with Crippen LogP contribution in [0.15, 0.2) is 18.2 Å². The molecule has 0 aliphatic heterocycles. The molecule has 2 N–H and O–H groups in total. The second kappa shape index (κ2) is 5.99. The molecule has 0 spiro atoms. The van der Waals surface area contributed by atoms with Gasteiger partial charge in [-0.15, -0.1) is 0 Å². The Morgan fingerprint density at radius 3 is 2.75 bits per heavy atom. The molecule has 0 saturated carbocycles. The van der Waals surface area contributed by atoms with Crippen LogP contribution in [0.25, 0.3) is 0 Å². The summed E-state index contributed by atoms with van der Waals surface area (Å²) in [4.78, 5) is 2.11. The van der Waals surface area contributed by atoms with Crippen LogP contribution in [0.4, 0.5) is 5.69 Å². The average Bonchev–Trinajstić information content (AvgIpc) is 2.24. The number of nitrogens with two attached hydrogens (primary N) is 1. The normalized spacial score (nSPS) is 10.1. The Morgan fingerprint density at radius 1 is 1.44 bits per heavy atom. The molecule has 0 unspecified atom stereocenters. The largest absolute Gasteiger partial charge is 0.493 e. The molecule has 4 nitrogen and oxygen atoms in total. The number of hydrogen-bond acceptors (Lipinski definition) is 4. The summed E-state index contributed by atoms with van der Waals surface area (Å²) >= 11 is 0. The fourth-order valence-electron chi connectivity index (χ4n) is 1.30. The average molecular weight is 219 g/mol. The number of anilines is 1. The first kappa shape index (κ1) is 12.3. The number of nitriles is 1. The summed E-state index contributed by atoms with van der Waals surface area (Å²) in [5.74, 6) is 0.718. The van der Waals surface area contributed by atoms with Crippen LogP contribution >= 0.6 is 0 Å². The molecule has 0 radical (unpaired) electrons. The molecule has 0 bridgehead atoms. The van der Waals surface area contributed by atoms with E-state index < -0.39 is 0 Å². The van der Waals surface area contributed by atoms with Crippen LogP contribution < -0.4 is 10.5 Å². The van der Waals surface area contributed by atoms with E-state index in [1.165, 1.54) is 0 Å². The maximum absolute atomic E-state index is 8.71. The first-order valence-electron chi connectivity index (χ1n) is 5.20. The van der Waals surface area contributed by atoms with Crippen LogP contribution in [0.3, 0.4) is 0 Å². The third-order valence-electron chi connectivity index (χ3n) is 2.16. The topological polar surface area (TPSA) is 62.3 Å². The van der Waals surface area contributed by atoms with Crippen molar-refractivity contribution in [3.05, 3.63) is 23.8 Å². The smallest absolute Gasteiger partial charge is 0.121 e. The van der Waals surface area contributed by atoms with Crippen LogP contribution in [0.2, 0.25) is 0 Å². The van der Waals surface area contributed by atoms with E-state index in [4.69, 9.17) is 15.7 Å². The summed E-state index contributed by atoms with van der Waals surface area (Å²) in [5.41, 5.74) is 6.63. The van der Waals surface area contributed by atoms with Crippen molar-refractivity contribution in [2.24, 2.45) is 0 Å². The second-order valence-electron chi connectivity index (χ2n) is 3.87. The third kappa shape index (κ3) is 3.79. The molecule has 86 valence electrons. The summed E-state index contributed by atoms with van der Waals surface area (Å²) < 4.78 is 5.52. The molecule has 0 fully saturated rings. The molecule has 0 saturated heterocycles. The van der Waals surface area contributed by atoms with E-state index in [1.807, 2.05) is 20.2 Å². The number of nitrogens with zero attached hydrogens (tertiary/aromatic N) is 2. The van der Waals surface area contributed by atoms with Gasteiger partial charge in [0.25, 0.3) is 0 Å². The van der Waals surface area contributed by atoms with Crippen molar-refractivity contribution in [2.45, 2.75) is 6.42 Å². The van der Waals surface area contributed by atoms with Crippen molar-refractivity contribution in [2.75, 3.05) is 33.0 Å². The van der Waals surface area contributed by atoms with E-state index in [1.54, 1.807) is 18.2 Å². The fourth-order valence-corrected chi connectivity index (χ4v) is 1.30. The lowest BCUT2D eigenvalue weighted by molar-refractivity contribution is 0.281. The van der Waals surface area contributed by atoms with Crippen LogP contribution in [-0.4, -0.2) is 32.1 Å². The van der Waals surface area contributed by atoms with Gasteiger partial charge in [0.05, 0.1) is 17.9 Å². The van der Waals surface area contributed by atoms with Crippen molar-refractivity contribution in [3.63, 3.8) is 0 Å². The number of hydrogen-bond donors (Lipinski definition) is 1. The highest BCUT2D eigenvalue weighted by Gasteiger charge is 2.00. The van der Waals surface area contributed by atoms with E-state index in [0.717, 1.165) is 18.7 Å². The molecular weight excluding hydrogens is 202 g/mol. The monoisotopic (exact) mass is 219 g/mol. The summed E-state index contributed by atoms with van der Waals surface area (Å²) in [5, 5.41) is 8.71. The Balaban J connectivity index is 2.44. The minimum absolute atomic E-state index is 0.465. The van der Waals surface area contributed by atoms with Gasteiger partial charge in [-0.3, -0.25) is 0 Å². The molecule has 16 heavy (non-hydrogen) atoms. The van der Waals surface area contributed by atoms with Gasteiger partial charge in [0, 0.05) is 12.6 Å². The zero-order chi connectivity index (χ0) is 12.0. The Hall–Kier alpha value is -1.73. The number of ether oxygens (including phenoxy) is 1. The summed E-state index contributed by atoms with van der Waals surface area (Å²) in [6.07, 6.45) is 0.965. The highest BCUT2D eigenvalue weighted by molar-refractivity contribution is 5.56. The zero-order valence-corrected chi connectivity index (χ0v) is 9.73. The Bertz CT molecular complexity index is 382. The van der Waals surface area contributed by atoms with Crippen molar-refractivity contribution in [1.29, 1.82) is 5.26 Å². The number of benzene rings is 1. The minimum Gasteiger partial charge on any atom is -0.493 e. The highest BCUT2D eigenvalue weighted by Crippen LogP contribution is 2.19. The number of rotatable bonds is 5. The number of nitrogen functional groups attached to an aromatic ring is 1. The molecule has 0 aromatic heterocycles. The minimum atomic E-state index is 0.465. The van der Waals surface area contributed by atoms with Gasteiger partial charge in [0.1, 0.15) is 11.8 Å². The predicted octanol–water partition coefficient (Wildman–Crippen LogP) is 1.47. The van der Waals surface area contributed by atoms with Gasteiger partial charge in [-0.05, 0) is 32.6 Å². The summed E-state index contributed by atoms with van der Waals surface area (Å²) in [6.45, 7) is 1.65. The Labute approximate surface area is 96.2 Å². The SMILES string of the molecule is CN(C)CCCOc1ccc(C#N)c(N)c1. The van der Waals surface area contributed by atoms with Crippen molar-refractivity contribution < 1.29 is 4.74 Å². The molecule has 1 aromatic carbocycles. The molecule has 0 aliphatic carbocycles. The third-order valence-corrected chi connectivity index (χ3v) is 2.16. The van der Waals surface area contributed by atoms with Gasteiger partial charge in [-0.25, -0.2) is 0 Å². The molecule has 0 aliphatic rings. The highest BCUT2D eigenvalue weighted by atomic mass is 16.5. The Morgan fingerprint density at radius 2 is 2.19 bits per heavy atom. The van der Waals surface area contributed by atoms with Crippen LogP contribution in [-0.2, 0) is 0 Å².